The molecule has 0 aromatic rings. The molecule has 2 saturated carbocycles. The third-order valence-corrected chi connectivity index (χ3v) is 10.6. The van der Waals surface area contributed by atoms with Crippen LogP contribution in [0.1, 0.15) is 155 Å². The molecule has 5 aliphatic rings. The number of amidine groups is 1. The summed E-state index contributed by atoms with van der Waals surface area (Å²) in [6, 6.07) is 0.469. The minimum absolute atomic E-state index is 0.469. The molecule has 4 aliphatic carbocycles. The summed E-state index contributed by atoms with van der Waals surface area (Å²) in [4.78, 5) is 5.20. The summed E-state index contributed by atoms with van der Waals surface area (Å²) in [7, 11) is 0. The van der Waals surface area contributed by atoms with Gasteiger partial charge in [-0.3, -0.25) is 4.99 Å². The lowest BCUT2D eigenvalue weighted by Crippen LogP contribution is -2.47. The van der Waals surface area contributed by atoms with E-state index in [9.17, 15) is 0 Å². The van der Waals surface area contributed by atoms with Crippen molar-refractivity contribution in [2.45, 2.75) is 161 Å². The minimum Gasteiger partial charge on any atom is -0.387 e. The van der Waals surface area contributed by atoms with E-state index >= 15 is 0 Å². The molecular formula is C32H56N2. The first-order chi connectivity index (χ1) is 16.7. The molecule has 1 aliphatic heterocycles. The zero-order chi connectivity index (χ0) is 23.8. The molecule has 5 atom stereocenters. The molecule has 0 saturated heterocycles. The van der Waals surface area contributed by atoms with Gasteiger partial charge in [0.1, 0.15) is 0 Å². The van der Waals surface area contributed by atoms with Gasteiger partial charge >= 0.3 is 0 Å². The minimum atomic E-state index is 0.469. The van der Waals surface area contributed by atoms with Crippen LogP contribution >= 0.6 is 0 Å². The number of nitrogens with two attached hydrogens (primary N) is 1. The molecule has 34 heavy (non-hydrogen) atoms. The molecule has 194 valence electrons. The van der Waals surface area contributed by atoms with E-state index < -0.39 is 0 Å². The molecule has 0 radical (unpaired) electrons. The molecule has 2 fully saturated rings. The maximum atomic E-state index is 6.64. The molecule has 2 nitrogen and oxygen atoms in total. The quantitative estimate of drug-likeness (QED) is 0.411. The third kappa shape index (κ3) is 6.31. The van der Waals surface area contributed by atoms with Crippen molar-refractivity contribution in [2.75, 3.05) is 0 Å². The van der Waals surface area contributed by atoms with Gasteiger partial charge in [-0.15, -0.1) is 0 Å². The summed E-state index contributed by atoms with van der Waals surface area (Å²) in [6.45, 7) is 4.91. The second kappa shape index (κ2) is 13.0. The van der Waals surface area contributed by atoms with Gasteiger partial charge in [-0.2, -0.15) is 0 Å². The maximum absolute atomic E-state index is 6.64. The molecule has 1 heterocycles. The molecule has 5 rings (SSSR count). The zero-order valence-corrected chi connectivity index (χ0v) is 22.9. The summed E-state index contributed by atoms with van der Waals surface area (Å²) < 4.78 is 0. The van der Waals surface area contributed by atoms with Crippen LogP contribution in [-0.2, 0) is 0 Å². The third-order valence-electron chi connectivity index (χ3n) is 10.6. The Hall–Kier alpha value is -0.790. The van der Waals surface area contributed by atoms with Gasteiger partial charge < -0.3 is 5.73 Å². The summed E-state index contributed by atoms with van der Waals surface area (Å²) in [5, 5.41) is 0. The second-order valence-electron chi connectivity index (χ2n) is 12.7. The maximum Gasteiger partial charge on any atom is 0.0981 e. The highest BCUT2D eigenvalue weighted by atomic mass is 14.9. The predicted octanol–water partition coefficient (Wildman–Crippen LogP) is 9.52. The molecule has 0 aromatic heterocycles. The fourth-order valence-corrected chi connectivity index (χ4v) is 8.71. The van der Waals surface area contributed by atoms with E-state index in [-0.39, 0.29) is 0 Å². The van der Waals surface area contributed by atoms with Gasteiger partial charge in [0.2, 0.25) is 0 Å². The molecular weight excluding hydrogens is 412 g/mol. The van der Waals surface area contributed by atoms with E-state index in [0.717, 1.165) is 24.1 Å². The van der Waals surface area contributed by atoms with E-state index in [1.54, 1.807) is 5.57 Å². The van der Waals surface area contributed by atoms with Crippen molar-refractivity contribution in [2.24, 2.45) is 33.9 Å². The van der Waals surface area contributed by atoms with Crippen molar-refractivity contribution in [3.63, 3.8) is 0 Å². The SMILES string of the molecule is CCCC1C2CCC3=C(CCCCCCCCC1(CC)C2)C1CCCCCCCC1N=C(N)C3. The van der Waals surface area contributed by atoms with E-state index in [4.69, 9.17) is 10.7 Å². The Morgan fingerprint density at radius 1 is 0.824 bits per heavy atom. The lowest BCUT2D eigenvalue weighted by Gasteiger charge is -2.56. The van der Waals surface area contributed by atoms with Crippen LogP contribution in [0.4, 0.5) is 0 Å². The first-order valence-corrected chi connectivity index (χ1v) is 15.7. The lowest BCUT2D eigenvalue weighted by molar-refractivity contribution is -0.0651. The fourth-order valence-electron chi connectivity index (χ4n) is 8.71. The summed E-state index contributed by atoms with van der Waals surface area (Å²) in [6.07, 6.45) is 30.5. The van der Waals surface area contributed by atoms with E-state index in [2.05, 4.69) is 13.8 Å². The van der Waals surface area contributed by atoms with Gasteiger partial charge in [-0.1, -0.05) is 102 Å². The number of hydrogen-bond donors (Lipinski definition) is 1. The summed E-state index contributed by atoms with van der Waals surface area (Å²) >= 11 is 0. The molecule has 0 spiro atoms. The smallest absolute Gasteiger partial charge is 0.0981 e. The van der Waals surface area contributed by atoms with Crippen LogP contribution < -0.4 is 5.73 Å². The van der Waals surface area contributed by atoms with Gasteiger partial charge in [0, 0.05) is 12.3 Å². The molecule has 0 amide bonds. The van der Waals surface area contributed by atoms with Crippen molar-refractivity contribution >= 4 is 5.84 Å². The van der Waals surface area contributed by atoms with Gasteiger partial charge in [0.15, 0.2) is 0 Å². The first kappa shape index (κ1) is 26.3. The molecule has 2 N–H and O–H groups in total. The van der Waals surface area contributed by atoms with Crippen molar-refractivity contribution in [1.82, 2.24) is 0 Å². The summed E-state index contributed by atoms with van der Waals surface area (Å²) in [5.41, 5.74) is 10.9. The number of nitrogens with zero attached hydrogens (tertiary/aromatic N) is 1. The Labute approximate surface area is 212 Å². The van der Waals surface area contributed by atoms with Crippen molar-refractivity contribution in [3.8, 4) is 0 Å². The van der Waals surface area contributed by atoms with Crippen LogP contribution in [0, 0.1) is 23.2 Å². The second-order valence-corrected chi connectivity index (χ2v) is 12.7. The largest absolute Gasteiger partial charge is 0.387 e. The van der Waals surface area contributed by atoms with Crippen molar-refractivity contribution < 1.29 is 0 Å². The fraction of sp³-hybridized carbons (Fsp3) is 0.906. The van der Waals surface area contributed by atoms with Crippen LogP contribution in [-0.4, -0.2) is 11.9 Å². The lowest BCUT2D eigenvalue weighted by atomic mass is 9.48. The first-order valence-electron chi connectivity index (χ1n) is 15.7. The topological polar surface area (TPSA) is 38.4 Å². The van der Waals surface area contributed by atoms with Crippen LogP contribution in [0.2, 0.25) is 0 Å². The predicted molar refractivity (Wildman–Crippen MR) is 148 cm³/mol. The normalized spacial score (nSPS) is 36.7. The van der Waals surface area contributed by atoms with E-state index in [1.807, 2.05) is 5.57 Å². The average molecular weight is 469 g/mol. The van der Waals surface area contributed by atoms with Crippen LogP contribution in [0.3, 0.4) is 0 Å². The molecule has 2 heteroatoms. The average Bonchev–Trinajstić information content (AvgIpc) is 2.87. The van der Waals surface area contributed by atoms with Crippen LogP contribution in [0.25, 0.3) is 0 Å². The standard InChI is InChI=1S/C32H56N2/c1-3-16-29-26-21-20-25-23-31(33)34-30-19-14-10-7-9-13-18-28(30)27(25)17-12-8-5-6-11-15-22-32(29,4-2)24-26/h26,28-30H,3-24H2,1-2H3,(H2,33,34). The highest BCUT2D eigenvalue weighted by molar-refractivity contribution is 5.83. The summed E-state index contributed by atoms with van der Waals surface area (Å²) in [5.74, 6) is 3.58. The van der Waals surface area contributed by atoms with Crippen LogP contribution in [0.15, 0.2) is 16.1 Å². The highest BCUT2D eigenvalue weighted by Crippen LogP contribution is 2.60. The number of hydrogen-bond acceptors (Lipinski definition) is 2. The number of fused-ring (bicyclic) bond motifs is 9. The number of rotatable bonds is 3. The Morgan fingerprint density at radius 3 is 2.29 bits per heavy atom. The Bertz CT molecular complexity index is 691. The van der Waals surface area contributed by atoms with Gasteiger partial charge in [-0.25, -0.2) is 0 Å². The molecule has 5 unspecified atom stereocenters. The van der Waals surface area contributed by atoms with E-state index in [1.165, 1.54) is 135 Å². The van der Waals surface area contributed by atoms with Gasteiger partial charge in [0.05, 0.1) is 11.9 Å². The number of aliphatic imine (C=N–C) groups is 1. The highest BCUT2D eigenvalue weighted by Gasteiger charge is 2.50. The Morgan fingerprint density at radius 2 is 1.53 bits per heavy atom. The monoisotopic (exact) mass is 468 g/mol. The zero-order valence-electron chi connectivity index (χ0n) is 22.9. The van der Waals surface area contributed by atoms with Crippen molar-refractivity contribution in [1.29, 1.82) is 0 Å². The van der Waals surface area contributed by atoms with Gasteiger partial charge in [-0.05, 0) is 75.0 Å². The van der Waals surface area contributed by atoms with E-state index in [0.29, 0.717) is 17.4 Å². The molecule has 2 bridgehead atoms. The van der Waals surface area contributed by atoms with Gasteiger partial charge in [0.25, 0.3) is 0 Å². The Balaban J connectivity index is 1.58. The van der Waals surface area contributed by atoms with Crippen molar-refractivity contribution in [3.05, 3.63) is 11.1 Å². The van der Waals surface area contributed by atoms with Crippen LogP contribution in [0.5, 0.6) is 0 Å². The molecule has 0 aromatic carbocycles. The Kier molecular flexibility index (Phi) is 10.0.